The number of halogens is 1. The highest BCUT2D eigenvalue weighted by Gasteiger charge is 2.47. The quantitative estimate of drug-likeness (QED) is 0.803. The van der Waals surface area contributed by atoms with Crippen LogP contribution in [-0.4, -0.2) is 50.4 Å². The Morgan fingerprint density at radius 3 is 2.66 bits per heavy atom. The topological polar surface area (TPSA) is 69.6 Å². The molecule has 8 heteroatoms. The second-order valence-corrected chi connectivity index (χ2v) is 9.75. The van der Waals surface area contributed by atoms with Crippen LogP contribution in [0.2, 0.25) is 5.02 Å². The van der Waals surface area contributed by atoms with Crippen molar-refractivity contribution in [2.24, 2.45) is 0 Å². The fourth-order valence-electron chi connectivity index (χ4n) is 4.34. The molecule has 3 aliphatic rings. The minimum absolute atomic E-state index is 0.0693. The van der Waals surface area contributed by atoms with Gasteiger partial charge in [0.1, 0.15) is 10.8 Å². The van der Waals surface area contributed by atoms with E-state index >= 15 is 0 Å². The van der Waals surface area contributed by atoms with Gasteiger partial charge in [-0.1, -0.05) is 29.8 Å². The van der Waals surface area contributed by atoms with E-state index in [4.69, 9.17) is 16.6 Å². The van der Waals surface area contributed by atoms with Crippen LogP contribution in [0.1, 0.15) is 31.2 Å². The van der Waals surface area contributed by atoms with Gasteiger partial charge in [-0.05, 0) is 49.0 Å². The maximum Gasteiger partial charge on any atom is 0.227 e. The maximum absolute atomic E-state index is 12.6. The van der Waals surface area contributed by atoms with Crippen molar-refractivity contribution in [3.05, 3.63) is 47.1 Å². The maximum atomic E-state index is 12.6. The normalized spacial score (nSPS) is 22.8. The lowest BCUT2D eigenvalue weighted by Gasteiger charge is -2.47. The number of benzene rings is 1. The lowest BCUT2D eigenvalue weighted by Crippen LogP contribution is -2.56. The van der Waals surface area contributed by atoms with E-state index in [1.807, 2.05) is 12.1 Å². The van der Waals surface area contributed by atoms with Gasteiger partial charge in [-0.15, -0.1) is 0 Å². The average molecular weight is 431 g/mol. The molecule has 1 saturated carbocycles. The van der Waals surface area contributed by atoms with Gasteiger partial charge in [0.25, 0.3) is 0 Å². The van der Waals surface area contributed by atoms with Crippen LogP contribution in [0.25, 0.3) is 5.57 Å². The molecule has 0 radical (unpaired) electrons. The van der Waals surface area contributed by atoms with Crippen LogP contribution in [0, 0.1) is 0 Å². The Kier molecular flexibility index (Phi) is 4.84. The van der Waals surface area contributed by atoms with E-state index in [1.54, 1.807) is 6.20 Å². The van der Waals surface area contributed by atoms with E-state index in [2.05, 4.69) is 33.0 Å². The highest BCUT2D eigenvalue weighted by atomic mass is 35.5. The van der Waals surface area contributed by atoms with Crippen LogP contribution < -0.4 is 9.80 Å². The van der Waals surface area contributed by atoms with E-state index in [0.29, 0.717) is 16.7 Å². The molecule has 0 spiro atoms. The van der Waals surface area contributed by atoms with Gasteiger partial charge in [-0.25, -0.2) is 4.98 Å². The van der Waals surface area contributed by atoms with Crippen molar-refractivity contribution in [1.82, 2.24) is 9.97 Å². The molecule has 6 nitrogen and oxygen atoms in total. The molecule has 3 heterocycles. The summed E-state index contributed by atoms with van der Waals surface area (Å²) in [6, 6.07) is 7.94. The smallest absolute Gasteiger partial charge is 0.227 e. The highest BCUT2D eigenvalue weighted by Crippen LogP contribution is 2.44. The largest absolute Gasteiger partial charge is 0.394 e. The summed E-state index contributed by atoms with van der Waals surface area (Å²) >= 11 is 5.99. The third-order valence-electron chi connectivity index (χ3n) is 6.33. The number of anilines is 2. The molecule has 29 heavy (non-hydrogen) atoms. The third-order valence-corrected chi connectivity index (χ3v) is 7.85. The SMILES string of the molecule is O=[S@@]1CN(C2(CO)CCC2)c2nc(N3CC=C(c4ccc(Cl)cc4)CC3)ncc21. The lowest BCUT2D eigenvalue weighted by atomic mass is 9.76. The molecular weight excluding hydrogens is 408 g/mol. The van der Waals surface area contributed by atoms with Crippen molar-refractivity contribution >= 4 is 39.7 Å². The Labute approximate surface area is 177 Å². The zero-order valence-electron chi connectivity index (χ0n) is 16.1. The van der Waals surface area contributed by atoms with E-state index in [-0.39, 0.29) is 12.1 Å². The summed E-state index contributed by atoms with van der Waals surface area (Å²) in [4.78, 5) is 14.2. The molecule has 0 unspecified atom stereocenters. The molecule has 1 aromatic heterocycles. The standard InChI is InChI=1S/C21H23ClN4O2S/c22-17-4-2-15(3-5-17)16-6-10-25(11-7-16)20-23-12-18-19(24-20)26(14-29(18)28)21(13-27)8-1-9-21/h2-6,12,27H,1,7-11,13-14H2/t29-/m1/s1. The van der Waals surface area contributed by atoms with Gasteiger partial charge in [0.15, 0.2) is 5.82 Å². The average Bonchev–Trinajstić information content (AvgIpc) is 3.05. The van der Waals surface area contributed by atoms with Gasteiger partial charge in [0.05, 0.1) is 29.1 Å². The Balaban J connectivity index is 1.39. The minimum Gasteiger partial charge on any atom is -0.394 e. The Morgan fingerprint density at radius 2 is 2.03 bits per heavy atom. The number of rotatable bonds is 4. The molecule has 0 bridgehead atoms. The summed E-state index contributed by atoms with van der Waals surface area (Å²) in [6.07, 6.45) is 7.72. The third kappa shape index (κ3) is 3.25. The van der Waals surface area contributed by atoms with E-state index in [9.17, 15) is 9.32 Å². The number of aromatic nitrogens is 2. The van der Waals surface area contributed by atoms with Gasteiger partial charge in [0.2, 0.25) is 5.95 Å². The predicted molar refractivity (Wildman–Crippen MR) is 116 cm³/mol. The zero-order valence-corrected chi connectivity index (χ0v) is 17.6. The van der Waals surface area contributed by atoms with E-state index < -0.39 is 10.8 Å². The van der Waals surface area contributed by atoms with Crippen molar-refractivity contribution in [3.63, 3.8) is 0 Å². The van der Waals surface area contributed by atoms with Crippen molar-refractivity contribution in [2.45, 2.75) is 36.1 Å². The van der Waals surface area contributed by atoms with Crippen LogP contribution in [0.15, 0.2) is 41.4 Å². The summed E-state index contributed by atoms with van der Waals surface area (Å²) < 4.78 is 12.6. The Hall–Kier alpha value is -1.96. The molecule has 2 aromatic rings. The fraction of sp³-hybridized carbons (Fsp3) is 0.429. The predicted octanol–water partition coefficient (Wildman–Crippen LogP) is 3.22. The Bertz CT molecular complexity index is 985. The molecule has 1 aliphatic carbocycles. The second-order valence-electron chi connectivity index (χ2n) is 7.93. The number of nitrogens with zero attached hydrogens (tertiary/aromatic N) is 4. The van der Waals surface area contributed by atoms with Crippen LogP contribution in [0.5, 0.6) is 0 Å². The summed E-state index contributed by atoms with van der Waals surface area (Å²) in [5.74, 6) is 1.79. The summed E-state index contributed by atoms with van der Waals surface area (Å²) in [6.45, 7) is 1.62. The molecule has 1 atom stereocenters. The second kappa shape index (κ2) is 7.38. The molecule has 1 N–H and O–H groups in total. The molecule has 2 aliphatic heterocycles. The first kappa shape index (κ1) is 19.0. The van der Waals surface area contributed by atoms with Crippen molar-refractivity contribution in [2.75, 3.05) is 35.4 Å². The zero-order chi connectivity index (χ0) is 20.0. The van der Waals surface area contributed by atoms with Gasteiger partial charge >= 0.3 is 0 Å². The van der Waals surface area contributed by atoms with Crippen LogP contribution in [0.3, 0.4) is 0 Å². The highest BCUT2D eigenvalue weighted by molar-refractivity contribution is 7.85. The van der Waals surface area contributed by atoms with E-state index in [1.165, 1.54) is 11.1 Å². The van der Waals surface area contributed by atoms with Crippen LogP contribution in [-0.2, 0) is 10.8 Å². The summed E-state index contributed by atoms with van der Waals surface area (Å²) in [7, 11) is -1.14. The monoisotopic (exact) mass is 430 g/mol. The summed E-state index contributed by atoms with van der Waals surface area (Å²) in [5, 5.41) is 10.7. The van der Waals surface area contributed by atoms with Crippen molar-refractivity contribution in [3.8, 4) is 0 Å². The van der Waals surface area contributed by atoms with Crippen LogP contribution in [0.4, 0.5) is 11.8 Å². The number of aliphatic hydroxyl groups is 1. The molecule has 0 saturated heterocycles. The molecule has 152 valence electrons. The summed E-state index contributed by atoms with van der Waals surface area (Å²) in [5.41, 5.74) is 2.19. The van der Waals surface area contributed by atoms with Crippen molar-refractivity contribution in [1.29, 1.82) is 0 Å². The Morgan fingerprint density at radius 1 is 1.24 bits per heavy atom. The lowest BCUT2D eigenvalue weighted by molar-refractivity contribution is 0.119. The molecule has 1 aromatic carbocycles. The van der Waals surface area contributed by atoms with Crippen molar-refractivity contribution < 1.29 is 9.32 Å². The van der Waals surface area contributed by atoms with E-state index in [0.717, 1.165) is 49.6 Å². The van der Waals surface area contributed by atoms with Gasteiger partial charge in [-0.3, -0.25) is 4.21 Å². The first-order valence-corrected chi connectivity index (χ1v) is 11.6. The van der Waals surface area contributed by atoms with Gasteiger partial charge in [-0.2, -0.15) is 4.98 Å². The molecular formula is C21H23ClN4O2S. The first-order chi connectivity index (χ1) is 14.1. The number of hydrogen-bond donors (Lipinski definition) is 1. The van der Waals surface area contributed by atoms with Gasteiger partial charge < -0.3 is 14.9 Å². The molecule has 1 fully saturated rings. The number of fused-ring (bicyclic) bond motifs is 1. The minimum atomic E-state index is -1.14. The molecule has 0 amide bonds. The molecule has 5 rings (SSSR count). The first-order valence-electron chi connectivity index (χ1n) is 9.93. The number of aliphatic hydroxyl groups excluding tert-OH is 1. The fourth-order valence-corrected chi connectivity index (χ4v) is 5.77. The van der Waals surface area contributed by atoms with Crippen LogP contribution >= 0.6 is 11.6 Å². The number of hydrogen-bond acceptors (Lipinski definition) is 6. The van der Waals surface area contributed by atoms with Gasteiger partial charge in [0, 0.05) is 18.1 Å².